The largest absolute Gasteiger partial charge is 0.465 e. The molecule has 2 heterocycles. The van der Waals surface area contributed by atoms with Crippen molar-refractivity contribution in [1.82, 2.24) is 14.9 Å². The molecule has 1 aliphatic rings. The Labute approximate surface area is 212 Å². The van der Waals surface area contributed by atoms with Crippen molar-refractivity contribution in [2.75, 3.05) is 12.4 Å². The van der Waals surface area contributed by atoms with Crippen molar-refractivity contribution >= 4 is 41.1 Å². The molecule has 180 valence electrons. The second kappa shape index (κ2) is 10.2. The fraction of sp³-hybridized carbons (Fsp3) is 0.333. The Morgan fingerprint density at radius 3 is 2.71 bits per heavy atom. The summed E-state index contributed by atoms with van der Waals surface area (Å²) in [5, 5.41) is 12.6. The van der Waals surface area contributed by atoms with E-state index in [0.29, 0.717) is 28.9 Å². The lowest BCUT2D eigenvalue weighted by Crippen LogP contribution is -2.39. The smallest absolute Gasteiger partial charge is 0.405 e. The maximum Gasteiger partial charge on any atom is 0.405 e. The predicted octanol–water partition coefficient (Wildman–Crippen LogP) is 5.75. The van der Waals surface area contributed by atoms with Crippen LogP contribution < -0.4 is 5.32 Å². The number of benzene rings is 2. The molecule has 1 saturated heterocycles. The number of thioether (sulfide) groups is 1. The van der Waals surface area contributed by atoms with Crippen molar-refractivity contribution in [3.05, 3.63) is 82.4 Å². The summed E-state index contributed by atoms with van der Waals surface area (Å²) in [4.78, 5) is 16.2. The van der Waals surface area contributed by atoms with Crippen LogP contribution in [0.3, 0.4) is 0 Å². The number of hydrogen-bond acceptors (Lipinski definition) is 5. The minimum atomic E-state index is -1.05. The van der Waals surface area contributed by atoms with E-state index in [1.807, 2.05) is 54.9 Å². The lowest BCUT2D eigenvalue weighted by Gasteiger charge is -2.30. The molecule has 1 aromatic heterocycles. The molecule has 7 nitrogen and oxygen atoms in total. The Hall–Kier alpha value is -2.23. The summed E-state index contributed by atoms with van der Waals surface area (Å²) in [5.74, 6) is -0.378. The molecule has 0 aliphatic carbocycles. The standard InChI is InChI=1S/C24H25Cl2N3O4S/c1-23(2,28-22(30)31)16-3-6-19(7-4-16)34-13-18-12-32-24(33-18,14-29-10-9-27-15-29)20-8-5-17(25)11-21(20)26/h3-11,15,18,28H,12-14H2,1-2H3,(H,30,31). The number of nitrogens with zero attached hydrogens (tertiary/aromatic N) is 2. The molecule has 1 fully saturated rings. The first-order valence-electron chi connectivity index (χ1n) is 10.6. The molecule has 1 amide bonds. The van der Waals surface area contributed by atoms with E-state index >= 15 is 0 Å². The molecule has 4 rings (SSSR count). The Morgan fingerprint density at radius 1 is 1.29 bits per heavy atom. The van der Waals surface area contributed by atoms with E-state index in [2.05, 4.69) is 10.3 Å². The van der Waals surface area contributed by atoms with Gasteiger partial charge in [-0.15, -0.1) is 11.8 Å². The van der Waals surface area contributed by atoms with Gasteiger partial charge in [0.1, 0.15) is 0 Å². The van der Waals surface area contributed by atoms with E-state index in [1.165, 1.54) is 0 Å². The molecule has 0 radical (unpaired) electrons. The predicted molar refractivity (Wildman–Crippen MR) is 133 cm³/mol. The number of hydrogen-bond donors (Lipinski definition) is 2. The first kappa shape index (κ1) is 24.9. The van der Waals surface area contributed by atoms with Crippen LogP contribution in [0.4, 0.5) is 4.79 Å². The molecule has 10 heteroatoms. The summed E-state index contributed by atoms with van der Waals surface area (Å²) in [7, 11) is 0. The van der Waals surface area contributed by atoms with E-state index in [4.69, 9.17) is 37.8 Å². The second-order valence-corrected chi connectivity index (χ2v) is 10.5. The van der Waals surface area contributed by atoms with Crippen molar-refractivity contribution in [1.29, 1.82) is 0 Å². The fourth-order valence-electron chi connectivity index (χ4n) is 3.87. The number of ether oxygens (including phenoxy) is 2. The van der Waals surface area contributed by atoms with Crippen LogP contribution in [0.5, 0.6) is 0 Å². The van der Waals surface area contributed by atoms with Crippen molar-refractivity contribution in [2.45, 2.75) is 42.7 Å². The number of carbonyl (C=O) groups is 1. The van der Waals surface area contributed by atoms with Crippen molar-refractivity contribution in [3.8, 4) is 0 Å². The molecule has 2 unspecified atom stereocenters. The molecular formula is C24H25Cl2N3O4S. The van der Waals surface area contributed by atoms with E-state index in [9.17, 15) is 4.79 Å². The lowest BCUT2D eigenvalue weighted by atomic mass is 9.95. The number of nitrogens with one attached hydrogen (secondary N) is 1. The van der Waals surface area contributed by atoms with Gasteiger partial charge in [-0.05, 0) is 43.7 Å². The van der Waals surface area contributed by atoms with Gasteiger partial charge in [-0.25, -0.2) is 9.78 Å². The molecular weight excluding hydrogens is 497 g/mol. The Bertz CT molecular complexity index is 1140. The van der Waals surface area contributed by atoms with Gasteiger partial charge >= 0.3 is 6.09 Å². The highest BCUT2D eigenvalue weighted by Crippen LogP contribution is 2.41. The summed E-state index contributed by atoms with van der Waals surface area (Å²) in [6, 6.07) is 13.1. The van der Waals surface area contributed by atoms with Crippen LogP contribution in [0.25, 0.3) is 0 Å². The summed E-state index contributed by atoms with van der Waals surface area (Å²) in [6.45, 7) is 4.47. The molecule has 0 spiro atoms. The van der Waals surface area contributed by atoms with Gasteiger partial charge in [-0.3, -0.25) is 0 Å². The van der Waals surface area contributed by atoms with Crippen molar-refractivity contribution in [3.63, 3.8) is 0 Å². The average Bonchev–Trinajstić information content (AvgIpc) is 3.42. The highest BCUT2D eigenvalue weighted by atomic mass is 35.5. The maximum atomic E-state index is 11.0. The van der Waals surface area contributed by atoms with Gasteiger partial charge in [0.15, 0.2) is 0 Å². The zero-order valence-electron chi connectivity index (χ0n) is 18.7. The summed E-state index contributed by atoms with van der Waals surface area (Å²) in [5.41, 5.74) is 0.927. The Balaban J connectivity index is 1.45. The highest BCUT2D eigenvalue weighted by molar-refractivity contribution is 7.99. The van der Waals surface area contributed by atoms with Gasteiger partial charge in [0.05, 0.1) is 36.1 Å². The summed E-state index contributed by atoms with van der Waals surface area (Å²) >= 11 is 14.3. The van der Waals surface area contributed by atoms with Gasteiger partial charge in [-0.2, -0.15) is 0 Å². The number of amides is 1. The quantitative estimate of drug-likeness (QED) is 0.367. The van der Waals surface area contributed by atoms with Crippen LogP contribution in [-0.2, 0) is 27.3 Å². The monoisotopic (exact) mass is 521 g/mol. The van der Waals surface area contributed by atoms with Gasteiger partial charge in [-0.1, -0.05) is 41.4 Å². The number of aromatic nitrogens is 2. The lowest BCUT2D eigenvalue weighted by molar-refractivity contribution is -0.184. The van der Waals surface area contributed by atoms with Crippen LogP contribution in [0.1, 0.15) is 25.0 Å². The van der Waals surface area contributed by atoms with Crippen molar-refractivity contribution < 1.29 is 19.4 Å². The Kier molecular flexibility index (Phi) is 7.45. The zero-order chi connectivity index (χ0) is 24.3. The zero-order valence-corrected chi connectivity index (χ0v) is 21.0. The number of imidazole rings is 1. The van der Waals surface area contributed by atoms with Crippen LogP contribution >= 0.6 is 35.0 Å². The maximum absolute atomic E-state index is 11.0. The summed E-state index contributed by atoms with van der Waals surface area (Å²) < 4.78 is 14.6. The van der Waals surface area contributed by atoms with Gasteiger partial charge < -0.3 is 24.5 Å². The Morgan fingerprint density at radius 2 is 2.06 bits per heavy atom. The molecule has 0 bridgehead atoms. The van der Waals surface area contributed by atoms with Gasteiger partial charge in [0.2, 0.25) is 5.79 Å². The fourth-order valence-corrected chi connectivity index (χ4v) is 5.30. The van der Waals surface area contributed by atoms with E-state index in [1.54, 1.807) is 36.4 Å². The van der Waals surface area contributed by atoms with E-state index < -0.39 is 17.4 Å². The average molecular weight is 522 g/mol. The SMILES string of the molecule is CC(C)(NC(=O)O)c1ccc(SCC2COC(Cn3ccnc3)(c3ccc(Cl)cc3Cl)O2)cc1. The third kappa shape index (κ3) is 5.70. The number of rotatable bonds is 8. The molecule has 0 saturated carbocycles. The topological polar surface area (TPSA) is 85.6 Å². The third-order valence-electron chi connectivity index (χ3n) is 5.58. The highest BCUT2D eigenvalue weighted by Gasteiger charge is 2.45. The number of halogens is 2. The van der Waals surface area contributed by atoms with Gasteiger partial charge in [0, 0.05) is 33.6 Å². The van der Waals surface area contributed by atoms with Crippen LogP contribution in [-0.4, -0.2) is 39.2 Å². The first-order valence-corrected chi connectivity index (χ1v) is 12.4. The molecule has 1 aliphatic heterocycles. The third-order valence-corrected chi connectivity index (χ3v) is 7.27. The second-order valence-electron chi connectivity index (χ2n) is 8.55. The molecule has 34 heavy (non-hydrogen) atoms. The minimum absolute atomic E-state index is 0.162. The van der Waals surface area contributed by atoms with E-state index in [-0.39, 0.29) is 6.10 Å². The molecule has 2 atom stereocenters. The minimum Gasteiger partial charge on any atom is -0.465 e. The normalized spacial score (nSPS) is 20.4. The molecule has 2 N–H and O–H groups in total. The van der Waals surface area contributed by atoms with Crippen LogP contribution in [0, 0.1) is 0 Å². The van der Waals surface area contributed by atoms with Crippen molar-refractivity contribution in [2.24, 2.45) is 0 Å². The van der Waals surface area contributed by atoms with E-state index in [0.717, 1.165) is 16.0 Å². The first-order chi connectivity index (χ1) is 16.2. The summed E-state index contributed by atoms with van der Waals surface area (Å²) in [6.07, 6.45) is 4.05. The molecule has 3 aromatic rings. The van der Waals surface area contributed by atoms with Gasteiger partial charge in [0.25, 0.3) is 0 Å². The van der Waals surface area contributed by atoms with Crippen LogP contribution in [0.15, 0.2) is 66.1 Å². The number of carboxylic acid groups (broad SMARTS) is 1. The van der Waals surface area contributed by atoms with Crippen LogP contribution in [0.2, 0.25) is 10.0 Å². The molecule has 2 aromatic carbocycles.